The zero-order valence-electron chi connectivity index (χ0n) is 13.6. The van der Waals surface area contributed by atoms with Crippen molar-refractivity contribution < 1.29 is 9.47 Å². The molecule has 1 aromatic rings. The van der Waals surface area contributed by atoms with Crippen LogP contribution in [-0.4, -0.2) is 19.3 Å². The van der Waals surface area contributed by atoms with Gasteiger partial charge in [-0.1, -0.05) is 63.8 Å². The second kappa shape index (κ2) is 9.22. The Morgan fingerprint density at radius 3 is 2.33 bits per heavy atom. The predicted octanol–water partition coefficient (Wildman–Crippen LogP) is 5.07. The standard InChI is InChI=1S/C19H30O2/c1-3-5-6-7-9-16-10-12-17(13-11-16)19-15-20-18(8-4-2)14-21-19/h10-13,18-19H,3-9,14-15H2,1-2H3/t18-,19-/m1/s1. The van der Waals surface area contributed by atoms with Gasteiger partial charge in [0.05, 0.1) is 19.3 Å². The Balaban J connectivity index is 1.77. The number of unbranched alkanes of at least 4 members (excludes halogenated alkanes) is 3. The van der Waals surface area contributed by atoms with Crippen LogP contribution in [0.4, 0.5) is 0 Å². The minimum Gasteiger partial charge on any atom is -0.373 e. The maximum absolute atomic E-state index is 5.96. The van der Waals surface area contributed by atoms with Gasteiger partial charge in [0.1, 0.15) is 6.10 Å². The Labute approximate surface area is 129 Å². The number of aryl methyl sites for hydroxylation is 1. The Hall–Kier alpha value is -0.860. The lowest BCUT2D eigenvalue weighted by molar-refractivity contribution is -0.137. The molecule has 2 rings (SSSR count). The zero-order chi connectivity index (χ0) is 14.9. The molecule has 1 fully saturated rings. The average Bonchev–Trinajstić information content (AvgIpc) is 2.53. The lowest BCUT2D eigenvalue weighted by Gasteiger charge is -2.29. The molecule has 2 heteroatoms. The van der Waals surface area contributed by atoms with E-state index < -0.39 is 0 Å². The quantitative estimate of drug-likeness (QED) is 0.623. The predicted molar refractivity (Wildman–Crippen MR) is 87.6 cm³/mol. The van der Waals surface area contributed by atoms with Crippen LogP contribution in [0.25, 0.3) is 0 Å². The van der Waals surface area contributed by atoms with Gasteiger partial charge in [-0.2, -0.15) is 0 Å². The Bertz CT molecular complexity index is 377. The molecule has 0 N–H and O–H groups in total. The summed E-state index contributed by atoms with van der Waals surface area (Å²) in [6.07, 6.45) is 9.17. The van der Waals surface area contributed by atoms with E-state index in [0.29, 0.717) is 12.7 Å². The molecule has 2 atom stereocenters. The molecule has 1 aliphatic heterocycles. The lowest BCUT2D eigenvalue weighted by atomic mass is 10.0. The lowest BCUT2D eigenvalue weighted by Crippen LogP contribution is -2.30. The summed E-state index contributed by atoms with van der Waals surface area (Å²) < 4.78 is 11.8. The second-order valence-corrected chi connectivity index (χ2v) is 6.12. The molecule has 1 saturated heterocycles. The molecule has 118 valence electrons. The van der Waals surface area contributed by atoms with Crippen molar-refractivity contribution in [3.63, 3.8) is 0 Å². The summed E-state index contributed by atoms with van der Waals surface area (Å²) in [5, 5.41) is 0. The minimum absolute atomic E-state index is 0.118. The van der Waals surface area contributed by atoms with Crippen molar-refractivity contribution in [2.24, 2.45) is 0 Å². The van der Waals surface area contributed by atoms with Gasteiger partial charge in [-0.3, -0.25) is 0 Å². The fourth-order valence-corrected chi connectivity index (χ4v) is 2.88. The van der Waals surface area contributed by atoms with Crippen molar-refractivity contribution in [2.45, 2.75) is 71.0 Å². The van der Waals surface area contributed by atoms with E-state index in [0.717, 1.165) is 19.4 Å². The zero-order valence-corrected chi connectivity index (χ0v) is 13.6. The minimum atomic E-state index is 0.118. The largest absolute Gasteiger partial charge is 0.373 e. The molecule has 1 aliphatic rings. The van der Waals surface area contributed by atoms with Gasteiger partial charge in [0.2, 0.25) is 0 Å². The van der Waals surface area contributed by atoms with E-state index in [1.54, 1.807) is 0 Å². The third kappa shape index (κ3) is 5.44. The molecule has 0 aromatic heterocycles. The number of ether oxygens (including phenoxy) is 2. The van der Waals surface area contributed by atoms with Crippen molar-refractivity contribution in [1.29, 1.82) is 0 Å². The highest BCUT2D eigenvalue weighted by Gasteiger charge is 2.22. The Kier molecular flexibility index (Phi) is 7.25. The van der Waals surface area contributed by atoms with Crippen molar-refractivity contribution in [2.75, 3.05) is 13.2 Å². The van der Waals surface area contributed by atoms with E-state index in [4.69, 9.17) is 9.47 Å². The van der Waals surface area contributed by atoms with Gasteiger partial charge < -0.3 is 9.47 Å². The fourth-order valence-electron chi connectivity index (χ4n) is 2.88. The highest BCUT2D eigenvalue weighted by atomic mass is 16.6. The first-order chi connectivity index (χ1) is 10.3. The van der Waals surface area contributed by atoms with Crippen molar-refractivity contribution in [3.8, 4) is 0 Å². The molecule has 0 unspecified atom stereocenters. The summed E-state index contributed by atoms with van der Waals surface area (Å²) in [6.45, 7) is 5.87. The van der Waals surface area contributed by atoms with Crippen molar-refractivity contribution in [1.82, 2.24) is 0 Å². The average molecular weight is 290 g/mol. The van der Waals surface area contributed by atoms with Crippen LogP contribution in [0.5, 0.6) is 0 Å². The van der Waals surface area contributed by atoms with Crippen LogP contribution in [0.2, 0.25) is 0 Å². The molecule has 0 spiro atoms. The number of rotatable bonds is 8. The summed E-state index contributed by atoms with van der Waals surface area (Å²) in [7, 11) is 0. The Morgan fingerprint density at radius 1 is 0.905 bits per heavy atom. The van der Waals surface area contributed by atoms with Crippen molar-refractivity contribution >= 4 is 0 Å². The molecule has 1 aromatic carbocycles. The molecular formula is C19H30O2. The van der Waals surface area contributed by atoms with Crippen LogP contribution in [0.3, 0.4) is 0 Å². The van der Waals surface area contributed by atoms with Gasteiger partial charge in [-0.15, -0.1) is 0 Å². The van der Waals surface area contributed by atoms with Gasteiger partial charge >= 0.3 is 0 Å². The third-order valence-corrected chi connectivity index (χ3v) is 4.25. The third-order valence-electron chi connectivity index (χ3n) is 4.25. The van der Waals surface area contributed by atoms with Gasteiger partial charge in [-0.05, 0) is 30.4 Å². The summed E-state index contributed by atoms with van der Waals surface area (Å²) in [6, 6.07) is 8.93. The van der Waals surface area contributed by atoms with Crippen LogP contribution in [0.15, 0.2) is 24.3 Å². The van der Waals surface area contributed by atoms with Crippen LogP contribution < -0.4 is 0 Å². The number of hydrogen-bond acceptors (Lipinski definition) is 2. The molecule has 21 heavy (non-hydrogen) atoms. The molecule has 1 heterocycles. The van der Waals surface area contributed by atoms with E-state index in [1.165, 1.54) is 43.2 Å². The van der Waals surface area contributed by atoms with Crippen LogP contribution in [-0.2, 0) is 15.9 Å². The Morgan fingerprint density at radius 2 is 1.71 bits per heavy atom. The first-order valence-electron chi connectivity index (χ1n) is 8.65. The maximum atomic E-state index is 5.96. The summed E-state index contributed by atoms with van der Waals surface area (Å²) in [5.41, 5.74) is 2.69. The van der Waals surface area contributed by atoms with Gasteiger partial charge in [-0.25, -0.2) is 0 Å². The van der Waals surface area contributed by atoms with E-state index >= 15 is 0 Å². The number of benzene rings is 1. The van der Waals surface area contributed by atoms with Gasteiger partial charge in [0, 0.05) is 0 Å². The molecule has 0 saturated carbocycles. The summed E-state index contributed by atoms with van der Waals surface area (Å²) in [5.74, 6) is 0. The molecule has 0 amide bonds. The highest BCUT2D eigenvalue weighted by molar-refractivity contribution is 5.24. The van der Waals surface area contributed by atoms with Crippen LogP contribution in [0, 0.1) is 0 Å². The maximum Gasteiger partial charge on any atom is 0.106 e. The first kappa shape index (κ1) is 16.5. The van der Waals surface area contributed by atoms with E-state index in [9.17, 15) is 0 Å². The molecule has 2 nitrogen and oxygen atoms in total. The van der Waals surface area contributed by atoms with Crippen molar-refractivity contribution in [3.05, 3.63) is 35.4 Å². The topological polar surface area (TPSA) is 18.5 Å². The number of hydrogen-bond donors (Lipinski definition) is 0. The van der Waals surface area contributed by atoms with E-state index in [1.807, 2.05) is 0 Å². The normalized spacial score (nSPS) is 22.4. The summed E-state index contributed by atoms with van der Waals surface area (Å²) >= 11 is 0. The summed E-state index contributed by atoms with van der Waals surface area (Å²) in [4.78, 5) is 0. The highest BCUT2D eigenvalue weighted by Crippen LogP contribution is 2.24. The van der Waals surface area contributed by atoms with Crippen LogP contribution in [0.1, 0.15) is 69.6 Å². The van der Waals surface area contributed by atoms with E-state index in [-0.39, 0.29) is 6.10 Å². The molecule has 0 aliphatic carbocycles. The first-order valence-corrected chi connectivity index (χ1v) is 8.65. The molecular weight excluding hydrogens is 260 g/mol. The van der Waals surface area contributed by atoms with E-state index in [2.05, 4.69) is 38.1 Å². The van der Waals surface area contributed by atoms with Gasteiger partial charge in [0.25, 0.3) is 0 Å². The smallest absolute Gasteiger partial charge is 0.106 e. The second-order valence-electron chi connectivity index (χ2n) is 6.12. The van der Waals surface area contributed by atoms with Gasteiger partial charge in [0.15, 0.2) is 0 Å². The van der Waals surface area contributed by atoms with Crippen LogP contribution >= 0.6 is 0 Å². The molecule has 0 bridgehead atoms. The molecule has 0 radical (unpaired) electrons. The SMILES string of the molecule is CCCCCCc1ccc([C@H]2CO[C@H](CCC)CO2)cc1. The monoisotopic (exact) mass is 290 g/mol. The fraction of sp³-hybridized carbons (Fsp3) is 0.684.